The molecular formula is C28H35F3N6O5S. The van der Waals surface area contributed by atoms with Gasteiger partial charge in [0, 0.05) is 54.7 Å². The number of ether oxygens (including phenoxy) is 1. The molecule has 2 saturated heterocycles. The average molecular weight is 625 g/mol. The fourth-order valence-corrected chi connectivity index (χ4v) is 5.93. The van der Waals surface area contributed by atoms with Gasteiger partial charge in [0.05, 0.1) is 30.9 Å². The summed E-state index contributed by atoms with van der Waals surface area (Å²) < 4.78 is 45.8. The van der Waals surface area contributed by atoms with Crippen molar-refractivity contribution in [3.8, 4) is 5.75 Å². The van der Waals surface area contributed by atoms with E-state index in [0.717, 1.165) is 31.5 Å². The van der Waals surface area contributed by atoms with Gasteiger partial charge in [-0.1, -0.05) is 0 Å². The Morgan fingerprint density at radius 3 is 2.47 bits per heavy atom. The van der Waals surface area contributed by atoms with Crippen LogP contribution in [0, 0.1) is 0 Å². The van der Waals surface area contributed by atoms with Gasteiger partial charge in [0.1, 0.15) is 17.3 Å². The molecule has 43 heavy (non-hydrogen) atoms. The highest BCUT2D eigenvalue weighted by Crippen LogP contribution is 2.35. The molecular weight excluding hydrogens is 589 g/mol. The minimum Gasteiger partial charge on any atom is -0.497 e. The number of nitrogens with one attached hydrogen (secondary N) is 1. The number of aliphatic hydroxyl groups is 1. The largest absolute Gasteiger partial charge is 0.497 e. The van der Waals surface area contributed by atoms with Crippen LogP contribution in [0.5, 0.6) is 5.75 Å². The van der Waals surface area contributed by atoms with E-state index in [1.54, 1.807) is 4.90 Å². The average Bonchev–Trinajstić information content (AvgIpc) is 3.39. The highest BCUT2D eigenvalue weighted by atomic mass is 32.2. The van der Waals surface area contributed by atoms with Crippen LogP contribution in [-0.4, -0.2) is 87.8 Å². The van der Waals surface area contributed by atoms with Crippen LogP contribution in [0.2, 0.25) is 0 Å². The lowest BCUT2D eigenvalue weighted by Gasteiger charge is -2.35. The number of carbonyl (C=O) groups is 2. The van der Waals surface area contributed by atoms with Gasteiger partial charge in [-0.2, -0.15) is 13.2 Å². The second-order valence-electron chi connectivity index (χ2n) is 10.6. The van der Waals surface area contributed by atoms with E-state index in [1.165, 1.54) is 37.3 Å². The summed E-state index contributed by atoms with van der Waals surface area (Å²) in [5.74, 6) is -1.20. The molecule has 0 radical (unpaired) electrons. The Labute approximate surface area is 251 Å². The first-order valence-electron chi connectivity index (χ1n) is 13.7. The van der Waals surface area contributed by atoms with Gasteiger partial charge in [-0.3, -0.25) is 9.69 Å². The van der Waals surface area contributed by atoms with Crippen molar-refractivity contribution >= 4 is 35.2 Å². The van der Waals surface area contributed by atoms with Crippen molar-refractivity contribution in [1.29, 1.82) is 0 Å². The molecule has 0 aliphatic carbocycles. The third-order valence-corrected chi connectivity index (χ3v) is 8.77. The third-order valence-electron chi connectivity index (χ3n) is 7.78. The number of halogens is 3. The number of piperidine rings is 1. The number of rotatable bonds is 10. The number of alkyl halides is 3. The standard InChI is InChI=1S/C28H35F3N6O5S/c1-17-4-3-7-37(17)15-22(24(32)18-10-19(28(29,30)31)12-20(11-18)42-2)43-16-35-25(38)21-13-34-23(14-33-21)36-8-5-27(41,6-9-36)26(39)40/h10-14,17,41H,3-9,15-16,32H2,1-2H3,(H,35,38)(H,39,40)/b24-22-. The van der Waals surface area contributed by atoms with Crippen molar-refractivity contribution in [2.45, 2.75) is 50.4 Å². The zero-order valence-corrected chi connectivity index (χ0v) is 24.7. The number of benzene rings is 1. The molecule has 1 aromatic carbocycles. The molecule has 0 saturated carbocycles. The van der Waals surface area contributed by atoms with Gasteiger partial charge < -0.3 is 30.9 Å². The monoisotopic (exact) mass is 624 g/mol. The smallest absolute Gasteiger partial charge is 0.416 e. The summed E-state index contributed by atoms with van der Waals surface area (Å²) in [6.45, 7) is 3.85. The molecule has 5 N–H and O–H groups in total. The lowest BCUT2D eigenvalue weighted by molar-refractivity contribution is -0.160. The Balaban J connectivity index is 1.45. The summed E-state index contributed by atoms with van der Waals surface area (Å²) in [6.07, 6.45) is 0.197. The topological polar surface area (TPSA) is 154 Å². The van der Waals surface area contributed by atoms with E-state index in [2.05, 4.69) is 27.1 Å². The van der Waals surface area contributed by atoms with Gasteiger partial charge in [-0.05, 0) is 44.5 Å². The predicted octanol–water partition coefficient (Wildman–Crippen LogP) is 3.15. The van der Waals surface area contributed by atoms with Gasteiger partial charge in [-0.15, -0.1) is 11.8 Å². The van der Waals surface area contributed by atoms with Crippen LogP contribution in [0.3, 0.4) is 0 Å². The van der Waals surface area contributed by atoms with Gasteiger partial charge in [0.25, 0.3) is 5.91 Å². The zero-order chi connectivity index (χ0) is 31.4. The molecule has 2 aliphatic rings. The number of nitrogens with zero attached hydrogens (tertiary/aromatic N) is 4. The van der Waals surface area contributed by atoms with Gasteiger partial charge in [0.2, 0.25) is 0 Å². The highest BCUT2D eigenvalue weighted by Gasteiger charge is 2.39. The van der Waals surface area contributed by atoms with Crippen molar-refractivity contribution in [3.05, 3.63) is 52.3 Å². The first-order valence-corrected chi connectivity index (χ1v) is 14.7. The number of hydrogen-bond acceptors (Lipinski definition) is 10. The fraction of sp³-hybridized carbons (Fsp3) is 0.500. The lowest BCUT2D eigenvalue weighted by atomic mass is 9.92. The van der Waals surface area contributed by atoms with Crippen LogP contribution < -0.4 is 20.7 Å². The molecule has 0 spiro atoms. The van der Waals surface area contributed by atoms with E-state index < -0.39 is 29.2 Å². The number of aliphatic carboxylic acids is 1. The normalized spacial score (nSPS) is 19.6. The van der Waals surface area contributed by atoms with E-state index in [-0.39, 0.29) is 60.6 Å². The first-order chi connectivity index (χ1) is 20.3. The Morgan fingerprint density at radius 1 is 1.19 bits per heavy atom. The van der Waals surface area contributed by atoms with Crippen molar-refractivity contribution in [1.82, 2.24) is 20.2 Å². The number of aromatic nitrogens is 2. The van der Waals surface area contributed by atoms with Crippen molar-refractivity contribution in [2.24, 2.45) is 5.73 Å². The minimum absolute atomic E-state index is 0.0316. The molecule has 1 aromatic heterocycles. The third kappa shape index (κ3) is 7.89. The van der Waals surface area contributed by atoms with Gasteiger partial charge in [0.15, 0.2) is 5.60 Å². The molecule has 0 bridgehead atoms. The Kier molecular flexibility index (Phi) is 10.1. The minimum atomic E-state index is -4.58. The van der Waals surface area contributed by atoms with Crippen LogP contribution in [0.15, 0.2) is 35.5 Å². The molecule has 11 nitrogen and oxygen atoms in total. The number of anilines is 1. The molecule has 2 aromatic rings. The van der Waals surface area contributed by atoms with Crippen LogP contribution in [0.25, 0.3) is 5.70 Å². The Bertz CT molecular complexity index is 1350. The van der Waals surface area contributed by atoms with Crippen molar-refractivity contribution in [2.75, 3.05) is 44.1 Å². The number of carboxylic acids is 1. The second kappa shape index (κ2) is 13.4. The molecule has 2 aliphatic heterocycles. The maximum absolute atomic E-state index is 13.6. The summed E-state index contributed by atoms with van der Waals surface area (Å²) in [7, 11) is 1.29. The molecule has 1 unspecified atom stereocenters. The van der Waals surface area contributed by atoms with Gasteiger partial charge >= 0.3 is 12.1 Å². The summed E-state index contributed by atoms with van der Waals surface area (Å²) in [6, 6.07) is 3.64. The maximum Gasteiger partial charge on any atom is 0.416 e. The van der Waals surface area contributed by atoms with Crippen LogP contribution in [0.4, 0.5) is 19.0 Å². The molecule has 234 valence electrons. The maximum atomic E-state index is 13.6. The van der Waals surface area contributed by atoms with Crippen molar-refractivity contribution < 1.29 is 37.7 Å². The van der Waals surface area contributed by atoms with E-state index >= 15 is 0 Å². The van der Waals surface area contributed by atoms with E-state index in [0.29, 0.717) is 17.3 Å². The molecule has 3 heterocycles. The van der Waals surface area contributed by atoms with Crippen molar-refractivity contribution in [3.63, 3.8) is 0 Å². The number of methoxy groups -OCH3 is 1. The fourth-order valence-electron chi connectivity index (χ4n) is 5.02. The number of carbonyl (C=O) groups excluding carboxylic acids is 1. The first kappa shape index (κ1) is 32.4. The van der Waals surface area contributed by atoms with E-state index in [4.69, 9.17) is 10.5 Å². The molecule has 4 rings (SSSR count). The number of nitrogens with two attached hydrogens (primary N) is 1. The number of hydrogen-bond donors (Lipinski definition) is 4. The predicted molar refractivity (Wildman–Crippen MR) is 155 cm³/mol. The Morgan fingerprint density at radius 2 is 1.91 bits per heavy atom. The summed E-state index contributed by atoms with van der Waals surface area (Å²) in [5.41, 5.74) is 4.23. The number of amides is 1. The van der Waals surface area contributed by atoms with Crippen LogP contribution in [0.1, 0.15) is 54.2 Å². The summed E-state index contributed by atoms with van der Waals surface area (Å²) in [4.78, 5) is 37.1. The molecule has 2 fully saturated rings. The molecule has 1 amide bonds. The molecule has 1 atom stereocenters. The quantitative estimate of drug-likeness (QED) is 0.288. The SMILES string of the molecule is COc1cc(/C(N)=C(\CN2CCCC2C)SCNC(=O)c2cnc(N3CCC(O)(C(=O)O)CC3)cn2)cc(C(F)(F)F)c1. The zero-order valence-electron chi connectivity index (χ0n) is 23.9. The summed E-state index contributed by atoms with van der Waals surface area (Å²) in [5, 5.41) is 22.1. The number of thioether (sulfide) groups is 1. The van der Waals surface area contributed by atoms with Crippen LogP contribution in [-0.2, 0) is 11.0 Å². The van der Waals surface area contributed by atoms with E-state index in [9.17, 15) is 33.0 Å². The second-order valence-corrected chi connectivity index (χ2v) is 11.7. The van der Waals surface area contributed by atoms with Crippen LogP contribution >= 0.6 is 11.8 Å². The highest BCUT2D eigenvalue weighted by molar-refractivity contribution is 8.03. The lowest BCUT2D eigenvalue weighted by Crippen LogP contribution is -2.49. The number of carboxylic acid groups (broad SMARTS) is 1. The Hall–Kier alpha value is -3.56. The van der Waals surface area contributed by atoms with E-state index in [1.807, 2.05) is 0 Å². The number of likely N-dealkylation sites (tertiary alicyclic amines) is 1. The summed E-state index contributed by atoms with van der Waals surface area (Å²) >= 11 is 1.22. The van der Waals surface area contributed by atoms with Gasteiger partial charge in [-0.25, -0.2) is 14.8 Å². The molecule has 15 heteroatoms.